The Bertz CT molecular complexity index is 544. The van der Waals surface area contributed by atoms with E-state index in [2.05, 4.69) is 15.5 Å². The van der Waals surface area contributed by atoms with E-state index in [-0.39, 0.29) is 11.9 Å². The van der Waals surface area contributed by atoms with Gasteiger partial charge in [0, 0.05) is 11.6 Å². The van der Waals surface area contributed by atoms with Crippen LogP contribution in [0.15, 0.2) is 18.2 Å². The maximum Gasteiger partial charge on any atom is 0.206 e. The van der Waals surface area contributed by atoms with Gasteiger partial charge in [0.25, 0.3) is 0 Å². The molecule has 1 aromatic heterocycles. The number of hydrogen-bond acceptors (Lipinski definition) is 5. The minimum absolute atomic E-state index is 0.178. The fraction of sp³-hybridized carbons (Fsp3) is 0.333. The molecule has 0 aliphatic carbocycles. The third-order valence-electron chi connectivity index (χ3n) is 2.54. The first-order chi connectivity index (χ1) is 8.60. The lowest BCUT2D eigenvalue weighted by Crippen LogP contribution is -2.08. The number of nitrogens with one attached hydrogen (secondary N) is 1. The summed E-state index contributed by atoms with van der Waals surface area (Å²) in [5, 5.41) is 12.5. The van der Waals surface area contributed by atoms with Crippen LogP contribution >= 0.6 is 11.3 Å². The van der Waals surface area contributed by atoms with E-state index in [1.165, 1.54) is 24.5 Å². The Kier molecular flexibility index (Phi) is 3.76. The van der Waals surface area contributed by atoms with Crippen molar-refractivity contribution in [3.05, 3.63) is 34.6 Å². The van der Waals surface area contributed by atoms with Gasteiger partial charge in [-0.2, -0.15) is 0 Å². The Hall–Kier alpha value is -1.69. The zero-order valence-corrected chi connectivity index (χ0v) is 11.2. The molecule has 0 aliphatic heterocycles. The standard InChI is InChI=1S/C12H14FN3OS/c1-7(14-12-16-15-8(2)18-12)10-5-4-9(17-3)6-11(10)13/h4-7H,1-3H3,(H,14,16). The summed E-state index contributed by atoms with van der Waals surface area (Å²) in [5.74, 6) is 0.214. The molecule has 1 aromatic carbocycles. The van der Waals surface area contributed by atoms with Crippen molar-refractivity contribution >= 4 is 16.5 Å². The van der Waals surface area contributed by atoms with E-state index >= 15 is 0 Å². The molecule has 0 bridgehead atoms. The summed E-state index contributed by atoms with van der Waals surface area (Å²) in [6.45, 7) is 3.75. The Labute approximate surface area is 109 Å². The molecular weight excluding hydrogens is 253 g/mol. The van der Waals surface area contributed by atoms with Crippen LogP contribution in [-0.4, -0.2) is 17.3 Å². The van der Waals surface area contributed by atoms with Gasteiger partial charge in [-0.05, 0) is 19.9 Å². The largest absolute Gasteiger partial charge is 0.497 e. The zero-order valence-electron chi connectivity index (χ0n) is 10.4. The number of rotatable bonds is 4. The molecule has 0 fully saturated rings. The Balaban J connectivity index is 2.15. The number of ether oxygens (including phenoxy) is 1. The van der Waals surface area contributed by atoms with Crippen LogP contribution in [0.3, 0.4) is 0 Å². The van der Waals surface area contributed by atoms with Crippen LogP contribution in [0.2, 0.25) is 0 Å². The molecule has 18 heavy (non-hydrogen) atoms. The molecule has 96 valence electrons. The molecule has 0 amide bonds. The molecule has 1 N–H and O–H groups in total. The molecule has 1 heterocycles. The van der Waals surface area contributed by atoms with Gasteiger partial charge in [-0.3, -0.25) is 0 Å². The fourth-order valence-corrected chi connectivity index (χ4v) is 2.28. The molecule has 1 atom stereocenters. The molecule has 4 nitrogen and oxygen atoms in total. The lowest BCUT2D eigenvalue weighted by atomic mass is 10.1. The molecular formula is C12H14FN3OS. The average molecular weight is 267 g/mol. The smallest absolute Gasteiger partial charge is 0.206 e. The van der Waals surface area contributed by atoms with Crippen LogP contribution < -0.4 is 10.1 Å². The van der Waals surface area contributed by atoms with Gasteiger partial charge in [0.1, 0.15) is 16.6 Å². The minimum atomic E-state index is -0.296. The Morgan fingerprint density at radius 2 is 2.17 bits per heavy atom. The van der Waals surface area contributed by atoms with Crippen molar-refractivity contribution in [2.75, 3.05) is 12.4 Å². The van der Waals surface area contributed by atoms with Crippen LogP contribution in [0.25, 0.3) is 0 Å². The van der Waals surface area contributed by atoms with Crippen molar-refractivity contribution in [2.24, 2.45) is 0 Å². The number of hydrogen-bond donors (Lipinski definition) is 1. The number of aromatic nitrogens is 2. The topological polar surface area (TPSA) is 47.0 Å². The van der Waals surface area contributed by atoms with Crippen LogP contribution in [0.4, 0.5) is 9.52 Å². The lowest BCUT2D eigenvalue weighted by molar-refractivity contribution is 0.410. The summed E-state index contributed by atoms with van der Waals surface area (Å²) in [4.78, 5) is 0. The van der Waals surface area contributed by atoms with Gasteiger partial charge in [-0.25, -0.2) is 4.39 Å². The molecule has 1 unspecified atom stereocenters. The van der Waals surface area contributed by atoms with Crippen LogP contribution in [0.5, 0.6) is 5.75 Å². The molecule has 6 heteroatoms. The van der Waals surface area contributed by atoms with Crippen molar-refractivity contribution in [3.8, 4) is 5.75 Å². The van der Waals surface area contributed by atoms with Crippen molar-refractivity contribution < 1.29 is 9.13 Å². The minimum Gasteiger partial charge on any atom is -0.497 e. The quantitative estimate of drug-likeness (QED) is 0.924. The number of anilines is 1. The molecule has 0 aliphatic rings. The van der Waals surface area contributed by atoms with Crippen molar-refractivity contribution in [2.45, 2.75) is 19.9 Å². The van der Waals surface area contributed by atoms with E-state index < -0.39 is 0 Å². The number of aryl methyl sites for hydroxylation is 1. The van der Waals surface area contributed by atoms with E-state index in [0.29, 0.717) is 16.4 Å². The second-order valence-corrected chi connectivity index (χ2v) is 5.06. The summed E-state index contributed by atoms with van der Waals surface area (Å²) in [6.07, 6.45) is 0. The maximum atomic E-state index is 13.8. The summed E-state index contributed by atoms with van der Waals surface area (Å²) >= 11 is 1.44. The van der Waals surface area contributed by atoms with Crippen molar-refractivity contribution in [1.29, 1.82) is 0 Å². The molecule has 0 saturated heterocycles. The van der Waals surface area contributed by atoms with E-state index in [4.69, 9.17) is 4.74 Å². The highest BCUT2D eigenvalue weighted by Crippen LogP contribution is 2.25. The second kappa shape index (κ2) is 5.30. The molecule has 0 radical (unpaired) electrons. The van der Waals surface area contributed by atoms with Gasteiger partial charge in [0.15, 0.2) is 0 Å². The molecule has 0 spiro atoms. The first-order valence-corrected chi connectivity index (χ1v) is 6.32. The van der Waals surface area contributed by atoms with Gasteiger partial charge in [-0.15, -0.1) is 10.2 Å². The van der Waals surface area contributed by atoms with E-state index in [0.717, 1.165) is 5.01 Å². The summed E-state index contributed by atoms with van der Waals surface area (Å²) < 4.78 is 18.8. The van der Waals surface area contributed by atoms with Crippen LogP contribution in [0, 0.1) is 12.7 Å². The summed E-state index contributed by atoms with van der Waals surface area (Å²) in [7, 11) is 1.51. The first-order valence-electron chi connectivity index (χ1n) is 5.50. The summed E-state index contributed by atoms with van der Waals surface area (Å²) in [6, 6.07) is 4.64. The van der Waals surface area contributed by atoms with Crippen molar-refractivity contribution in [1.82, 2.24) is 10.2 Å². The molecule has 0 saturated carbocycles. The number of halogens is 1. The van der Waals surface area contributed by atoms with Crippen LogP contribution in [0.1, 0.15) is 23.5 Å². The highest BCUT2D eigenvalue weighted by Gasteiger charge is 2.13. The van der Waals surface area contributed by atoms with E-state index in [1.807, 2.05) is 13.8 Å². The van der Waals surface area contributed by atoms with Gasteiger partial charge in [0.2, 0.25) is 5.13 Å². The molecule has 2 aromatic rings. The van der Waals surface area contributed by atoms with Gasteiger partial charge < -0.3 is 10.1 Å². The highest BCUT2D eigenvalue weighted by atomic mass is 32.1. The normalized spacial score (nSPS) is 12.2. The van der Waals surface area contributed by atoms with E-state index in [9.17, 15) is 4.39 Å². The third kappa shape index (κ3) is 2.76. The highest BCUT2D eigenvalue weighted by molar-refractivity contribution is 7.15. The summed E-state index contributed by atoms with van der Waals surface area (Å²) in [5.41, 5.74) is 0.573. The number of methoxy groups -OCH3 is 1. The van der Waals surface area contributed by atoms with Crippen molar-refractivity contribution in [3.63, 3.8) is 0 Å². The van der Waals surface area contributed by atoms with Gasteiger partial charge in [-0.1, -0.05) is 17.4 Å². The SMILES string of the molecule is COc1ccc(C(C)Nc2nnc(C)s2)c(F)c1. The van der Waals surface area contributed by atoms with E-state index in [1.54, 1.807) is 12.1 Å². The number of benzene rings is 1. The maximum absolute atomic E-state index is 13.8. The fourth-order valence-electron chi connectivity index (χ4n) is 1.60. The second-order valence-electron chi connectivity index (χ2n) is 3.88. The van der Waals surface area contributed by atoms with Gasteiger partial charge >= 0.3 is 0 Å². The first kappa shape index (κ1) is 12.8. The zero-order chi connectivity index (χ0) is 13.1. The Morgan fingerprint density at radius 1 is 1.39 bits per heavy atom. The average Bonchev–Trinajstić information content (AvgIpc) is 2.74. The predicted molar refractivity (Wildman–Crippen MR) is 69.6 cm³/mol. The molecule has 2 rings (SSSR count). The number of nitrogens with zero attached hydrogens (tertiary/aromatic N) is 2. The Morgan fingerprint density at radius 3 is 2.72 bits per heavy atom. The predicted octanol–water partition coefficient (Wildman–Crippen LogP) is 3.17. The monoisotopic (exact) mass is 267 g/mol. The third-order valence-corrected chi connectivity index (χ3v) is 3.31. The van der Waals surface area contributed by atoms with Crippen LogP contribution in [-0.2, 0) is 0 Å². The lowest BCUT2D eigenvalue weighted by Gasteiger charge is -2.14. The van der Waals surface area contributed by atoms with Gasteiger partial charge in [0.05, 0.1) is 13.2 Å².